The van der Waals surface area contributed by atoms with Crippen molar-refractivity contribution in [2.75, 3.05) is 12.4 Å². The molecule has 0 radical (unpaired) electrons. The second-order valence-corrected chi connectivity index (χ2v) is 6.22. The fraction of sp³-hybridized carbons (Fsp3) is 0.300. The first kappa shape index (κ1) is 19.3. The van der Waals surface area contributed by atoms with Gasteiger partial charge in [0.05, 0.1) is 7.11 Å². The largest absolute Gasteiger partial charge is 0.496 e. The zero-order valence-corrected chi connectivity index (χ0v) is 15.3. The van der Waals surface area contributed by atoms with Gasteiger partial charge in [-0.25, -0.2) is 4.79 Å². The standard InChI is InChI=1S/C20H25N3O3/c1-14(2)18(23-20(25)22-16-10-5-4-6-11-16)19(24)21-13-15-9-7-8-12-17(15)26-3/h4-12,14,18H,13H2,1-3H3,(H,21,24)(H2,22,23,25)/t18-/m0/s1. The molecule has 2 aromatic rings. The lowest BCUT2D eigenvalue weighted by molar-refractivity contribution is -0.124. The van der Waals surface area contributed by atoms with Crippen molar-refractivity contribution < 1.29 is 14.3 Å². The van der Waals surface area contributed by atoms with Gasteiger partial charge in [0.25, 0.3) is 0 Å². The summed E-state index contributed by atoms with van der Waals surface area (Å²) in [5.74, 6) is 0.409. The Bertz CT molecular complexity index is 732. The number of hydrogen-bond acceptors (Lipinski definition) is 3. The van der Waals surface area contributed by atoms with Gasteiger partial charge < -0.3 is 20.7 Å². The molecule has 6 nitrogen and oxygen atoms in total. The summed E-state index contributed by atoms with van der Waals surface area (Å²) < 4.78 is 5.29. The van der Waals surface area contributed by atoms with E-state index in [0.717, 1.165) is 5.56 Å². The molecule has 0 unspecified atom stereocenters. The van der Waals surface area contributed by atoms with E-state index in [1.54, 1.807) is 19.2 Å². The monoisotopic (exact) mass is 355 g/mol. The molecule has 0 aliphatic carbocycles. The number of methoxy groups -OCH3 is 1. The van der Waals surface area contributed by atoms with E-state index in [2.05, 4.69) is 16.0 Å². The molecule has 2 aromatic carbocycles. The summed E-state index contributed by atoms with van der Waals surface area (Å²) in [7, 11) is 1.59. The summed E-state index contributed by atoms with van der Waals surface area (Å²) in [6, 6.07) is 15.5. The highest BCUT2D eigenvalue weighted by atomic mass is 16.5. The van der Waals surface area contributed by atoms with Crippen LogP contribution in [0.1, 0.15) is 19.4 Å². The minimum Gasteiger partial charge on any atom is -0.496 e. The third kappa shape index (κ3) is 5.51. The first-order valence-electron chi connectivity index (χ1n) is 8.53. The Kier molecular flexibility index (Phi) is 7.02. The van der Waals surface area contributed by atoms with E-state index < -0.39 is 12.1 Å². The highest BCUT2D eigenvalue weighted by molar-refractivity contribution is 5.93. The molecule has 0 aliphatic rings. The number of urea groups is 1. The molecule has 138 valence electrons. The first-order valence-corrected chi connectivity index (χ1v) is 8.53. The maximum absolute atomic E-state index is 12.6. The predicted octanol–water partition coefficient (Wildman–Crippen LogP) is 3.16. The highest BCUT2D eigenvalue weighted by Crippen LogP contribution is 2.17. The molecule has 6 heteroatoms. The van der Waals surface area contributed by atoms with Crippen LogP contribution in [0.4, 0.5) is 10.5 Å². The maximum Gasteiger partial charge on any atom is 0.319 e. The van der Waals surface area contributed by atoms with E-state index >= 15 is 0 Å². The van der Waals surface area contributed by atoms with Crippen molar-refractivity contribution in [1.29, 1.82) is 0 Å². The molecule has 2 rings (SSSR count). The lowest BCUT2D eigenvalue weighted by Gasteiger charge is -2.22. The third-order valence-electron chi connectivity index (χ3n) is 3.91. The summed E-state index contributed by atoms with van der Waals surface area (Å²) >= 11 is 0. The van der Waals surface area contributed by atoms with Crippen molar-refractivity contribution in [2.45, 2.75) is 26.4 Å². The fourth-order valence-corrected chi connectivity index (χ4v) is 2.51. The van der Waals surface area contributed by atoms with E-state index in [1.165, 1.54) is 0 Å². The number of para-hydroxylation sites is 2. The van der Waals surface area contributed by atoms with E-state index in [0.29, 0.717) is 18.0 Å². The van der Waals surface area contributed by atoms with Crippen LogP contribution in [0.15, 0.2) is 54.6 Å². The topological polar surface area (TPSA) is 79.5 Å². The number of carbonyl (C=O) groups is 2. The van der Waals surface area contributed by atoms with Crippen LogP contribution in [0.25, 0.3) is 0 Å². The SMILES string of the molecule is COc1ccccc1CNC(=O)[C@@H](NC(=O)Nc1ccccc1)C(C)C. The van der Waals surface area contributed by atoms with Gasteiger partial charge in [-0.1, -0.05) is 50.2 Å². The van der Waals surface area contributed by atoms with Gasteiger partial charge in [0.15, 0.2) is 0 Å². The van der Waals surface area contributed by atoms with Crippen LogP contribution in [-0.4, -0.2) is 25.1 Å². The van der Waals surface area contributed by atoms with Crippen LogP contribution in [-0.2, 0) is 11.3 Å². The number of anilines is 1. The quantitative estimate of drug-likeness (QED) is 0.714. The average molecular weight is 355 g/mol. The van der Waals surface area contributed by atoms with E-state index in [1.807, 2.05) is 56.3 Å². The Morgan fingerprint density at radius 3 is 2.31 bits per heavy atom. The molecule has 0 spiro atoms. The molecule has 1 atom stereocenters. The lowest BCUT2D eigenvalue weighted by atomic mass is 10.0. The van der Waals surface area contributed by atoms with Crippen LogP contribution in [0.3, 0.4) is 0 Å². The van der Waals surface area contributed by atoms with Crippen molar-refractivity contribution in [3.05, 3.63) is 60.2 Å². The molecule has 3 N–H and O–H groups in total. The Balaban J connectivity index is 1.95. The van der Waals surface area contributed by atoms with Crippen molar-refractivity contribution >= 4 is 17.6 Å². The number of ether oxygens (including phenoxy) is 1. The smallest absolute Gasteiger partial charge is 0.319 e. The normalized spacial score (nSPS) is 11.5. The summed E-state index contributed by atoms with van der Waals surface area (Å²) in [5.41, 5.74) is 1.54. The van der Waals surface area contributed by atoms with Crippen LogP contribution >= 0.6 is 0 Å². The molecule has 0 bridgehead atoms. The van der Waals surface area contributed by atoms with Crippen molar-refractivity contribution in [3.8, 4) is 5.75 Å². The highest BCUT2D eigenvalue weighted by Gasteiger charge is 2.24. The molecule has 0 saturated heterocycles. The lowest BCUT2D eigenvalue weighted by Crippen LogP contribution is -2.50. The number of carbonyl (C=O) groups excluding carboxylic acids is 2. The van der Waals surface area contributed by atoms with Crippen molar-refractivity contribution in [3.63, 3.8) is 0 Å². The number of benzene rings is 2. The fourth-order valence-electron chi connectivity index (χ4n) is 2.51. The van der Waals surface area contributed by atoms with Crippen LogP contribution in [0, 0.1) is 5.92 Å². The molecule has 0 aliphatic heterocycles. The number of amides is 3. The Morgan fingerprint density at radius 1 is 1.00 bits per heavy atom. The predicted molar refractivity (Wildman–Crippen MR) is 102 cm³/mol. The Hall–Kier alpha value is -3.02. The Morgan fingerprint density at radius 2 is 1.65 bits per heavy atom. The number of rotatable bonds is 7. The number of nitrogens with one attached hydrogen (secondary N) is 3. The minimum atomic E-state index is -0.645. The maximum atomic E-state index is 12.6. The molecule has 0 saturated carbocycles. The first-order chi connectivity index (χ1) is 12.5. The van der Waals surface area contributed by atoms with Crippen LogP contribution in [0.5, 0.6) is 5.75 Å². The second kappa shape index (κ2) is 9.46. The Labute approximate surface area is 153 Å². The van der Waals surface area contributed by atoms with Gasteiger partial charge >= 0.3 is 6.03 Å². The van der Waals surface area contributed by atoms with Crippen molar-refractivity contribution in [1.82, 2.24) is 10.6 Å². The zero-order chi connectivity index (χ0) is 18.9. The van der Waals surface area contributed by atoms with Gasteiger partial charge in [-0.15, -0.1) is 0 Å². The molecular formula is C20H25N3O3. The van der Waals surface area contributed by atoms with E-state index in [9.17, 15) is 9.59 Å². The van der Waals surface area contributed by atoms with Gasteiger partial charge in [0.2, 0.25) is 5.91 Å². The molecule has 0 fully saturated rings. The van der Waals surface area contributed by atoms with Gasteiger partial charge in [-0.05, 0) is 24.1 Å². The summed E-state index contributed by atoms with van der Waals surface area (Å²) in [4.78, 5) is 24.7. The van der Waals surface area contributed by atoms with Gasteiger partial charge in [0, 0.05) is 17.8 Å². The summed E-state index contributed by atoms with van der Waals surface area (Å²) in [5, 5.41) is 8.32. The average Bonchev–Trinajstić information content (AvgIpc) is 2.65. The van der Waals surface area contributed by atoms with Crippen LogP contribution in [0.2, 0.25) is 0 Å². The van der Waals surface area contributed by atoms with Crippen LogP contribution < -0.4 is 20.7 Å². The molecular weight excluding hydrogens is 330 g/mol. The molecule has 26 heavy (non-hydrogen) atoms. The van der Waals surface area contributed by atoms with Gasteiger partial charge in [0.1, 0.15) is 11.8 Å². The zero-order valence-electron chi connectivity index (χ0n) is 15.3. The molecule has 0 aromatic heterocycles. The summed E-state index contributed by atoms with van der Waals surface area (Å²) in [6.07, 6.45) is 0. The van der Waals surface area contributed by atoms with Gasteiger partial charge in [-0.3, -0.25) is 4.79 Å². The molecule has 3 amide bonds. The molecule has 0 heterocycles. The minimum absolute atomic E-state index is 0.0609. The summed E-state index contributed by atoms with van der Waals surface area (Å²) in [6.45, 7) is 4.10. The third-order valence-corrected chi connectivity index (χ3v) is 3.91. The van der Waals surface area contributed by atoms with E-state index in [-0.39, 0.29) is 11.8 Å². The number of hydrogen-bond donors (Lipinski definition) is 3. The van der Waals surface area contributed by atoms with Gasteiger partial charge in [-0.2, -0.15) is 0 Å². The van der Waals surface area contributed by atoms with Crippen molar-refractivity contribution in [2.24, 2.45) is 5.92 Å². The van der Waals surface area contributed by atoms with E-state index in [4.69, 9.17) is 4.74 Å². The second-order valence-electron chi connectivity index (χ2n) is 6.22.